The van der Waals surface area contributed by atoms with Gasteiger partial charge in [0.2, 0.25) is 5.88 Å². The second kappa shape index (κ2) is 11.3. The van der Waals surface area contributed by atoms with Crippen molar-refractivity contribution in [2.45, 2.75) is 51.0 Å². The van der Waals surface area contributed by atoms with Crippen molar-refractivity contribution in [3.05, 3.63) is 35.3 Å². The van der Waals surface area contributed by atoms with Crippen LogP contribution in [0.3, 0.4) is 0 Å². The highest BCUT2D eigenvalue weighted by molar-refractivity contribution is 5.94. The van der Waals surface area contributed by atoms with E-state index in [4.69, 9.17) is 14.5 Å². The average Bonchev–Trinajstić information content (AvgIpc) is 3.59. The number of likely N-dealkylation sites (tertiary alicyclic amines) is 2. The van der Waals surface area contributed by atoms with E-state index in [0.29, 0.717) is 67.1 Å². The van der Waals surface area contributed by atoms with E-state index in [1.54, 1.807) is 6.20 Å². The smallest absolute Gasteiger partial charge is 0.317 e. The van der Waals surface area contributed by atoms with Gasteiger partial charge in [-0.3, -0.25) is 4.79 Å². The zero-order valence-electron chi connectivity index (χ0n) is 21.8. The SMILES string of the molecule is O=C(NCc1cn[nH]n1)N1CC2CCN(C(=O)c3cc(OCC4CCOCC4)nc(C4CC4)c3)CCC2C1. The summed E-state index contributed by atoms with van der Waals surface area (Å²) in [7, 11) is 0. The molecular weight excluding hydrogens is 486 g/mol. The number of rotatable bonds is 7. The second-order valence-electron chi connectivity index (χ2n) is 11.2. The molecule has 2 atom stereocenters. The maximum atomic E-state index is 13.6. The molecule has 4 fully saturated rings. The van der Waals surface area contributed by atoms with Gasteiger partial charge in [0.1, 0.15) is 5.69 Å². The van der Waals surface area contributed by atoms with Gasteiger partial charge in [0.25, 0.3) is 5.91 Å². The van der Waals surface area contributed by atoms with E-state index in [1.807, 2.05) is 21.9 Å². The summed E-state index contributed by atoms with van der Waals surface area (Å²) in [5, 5.41) is 13.2. The molecule has 0 spiro atoms. The number of pyridine rings is 1. The van der Waals surface area contributed by atoms with Crippen LogP contribution in [-0.4, -0.2) is 88.1 Å². The summed E-state index contributed by atoms with van der Waals surface area (Å²) in [5.74, 6) is 2.36. The summed E-state index contributed by atoms with van der Waals surface area (Å²) in [6, 6.07) is 3.75. The van der Waals surface area contributed by atoms with Crippen LogP contribution < -0.4 is 10.1 Å². The first-order valence-corrected chi connectivity index (χ1v) is 14.0. The van der Waals surface area contributed by atoms with Crippen molar-refractivity contribution in [1.29, 1.82) is 0 Å². The van der Waals surface area contributed by atoms with Gasteiger partial charge < -0.3 is 24.6 Å². The van der Waals surface area contributed by atoms with Crippen molar-refractivity contribution in [2.24, 2.45) is 17.8 Å². The van der Waals surface area contributed by atoms with Gasteiger partial charge in [0, 0.05) is 62.6 Å². The van der Waals surface area contributed by atoms with Gasteiger partial charge >= 0.3 is 6.03 Å². The van der Waals surface area contributed by atoms with E-state index in [-0.39, 0.29) is 11.9 Å². The minimum atomic E-state index is -0.0633. The number of nitrogens with one attached hydrogen (secondary N) is 2. The monoisotopic (exact) mass is 523 g/mol. The highest BCUT2D eigenvalue weighted by Crippen LogP contribution is 2.40. The molecule has 5 heterocycles. The number of carbonyl (C=O) groups excluding carboxylic acids is 2. The Morgan fingerprint density at radius 2 is 1.79 bits per heavy atom. The van der Waals surface area contributed by atoms with Gasteiger partial charge in [-0.15, -0.1) is 0 Å². The van der Waals surface area contributed by atoms with E-state index < -0.39 is 0 Å². The fourth-order valence-corrected chi connectivity index (χ4v) is 5.92. The molecular formula is C27H37N7O4. The first kappa shape index (κ1) is 25.1. The molecule has 3 amide bonds. The van der Waals surface area contributed by atoms with Crippen LogP contribution in [0.1, 0.15) is 66.2 Å². The Balaban J connectivity index is 1.05. The maximum absolute atomic E-state index is 13.6. The highest BCUT2D eigenvalue weighted by Gasteiger charge is 2.38. The Bertz CT molecular complexity index is 1100. The predicted octanol–water partition coefficient (Wildman–Crippen LogP) is 2.58. The number of aromatic nitrogens is 4. The van der Waals surface area contributed by atoms with Crippen molar-refractivity contribution < 1.29 is 19.1 Å². The molecule has 2 aromatic rings. The van der Waals surface area contributed by atoms with Gasteiger partial charge in [0.15, 0.2) is 0 Å². The number of urea groups is 1. The lowest BCUT2D eigenvalue weighted by Gasteiger charge is -2.24. The van der Waals surface area contributed by atoms with E-state index in [2.05, 4.69) is 20.7 Å². The van der Waals surface area contributed by atoms with Crippen molar-refractivity contribution >= 4 is 11.9 Å². The summed E-state index contributed by atoms with van der Waals surface area (Å²) in [6.07, 6.45) is 7.67. The third-order valence-electron chi connectivity index (χ3n) is 8.45. The average molecular weight is 524 g/mol. The van der Waals surface area contributed by atoms with Crippen LogP contribution >= 0.6 is 0 Å². The quantitative estimate of drug-likeness (QED) is 0.571. The number of hydrogen-bond donors (Lipinski definition) is 2. The minimum Gasteiger partial charge on any atom is -0.477 e. The van der Waals surface area contributed by atoms with Gasteiger partial charge in [-0.25, -0.2) is 9.78 Å². The number of carbonyl (C=O) groups is 2. The number of hydrogen-bond acceptors (Lipinski definition) is 7. The van der Waals surface area contributed by atoms with Crippen LogP contribution in [0.15, 0.2) is 18.3 Å². The first-order chi connectivity index (χ1) is 18.6. The van der Waals surface area contributed by atoms with Crippen LogP contribution in [0.25, 0.3) is 0 Å². The lowest BCUT2D eigenvalue weighted by Crippen LogP contribution is -2.39. The largest absolute Gasteiger partial charge is 0.477 e. The lowest BCUT2D eigenvalue weighted by atomic mass is 9.92. The number of H-pyrrole nitrogens is 1. The fraction of sp³-hybridized carbons (Fsp3) is 0.667. The van der Waals surface area contributed by atoms with Gasteiger partial charge in [-0.2, -0.15) is 15.4 Å². The Kier molecular flexibility index (Phi) is 7.44. The highest BCUT2D eigenvalue weighted by atomic mass is 16.5. The third-order valence-corrected chi connectivity index (χ3v) is 8.45. The molecule has 1 aliphatic carbocycles. The van der Waals surface area contributed by atoms with Gasteiger partial charge in [-0.05, 0) is 62.3 Å². The van der Waals surface area contributed by atoms with Crippen LogP contribution in [0.5, 0.6) is 5.88 Å². The standard InChI is InChI=1S/C27H37N7O4/c35-26(22-11-24(19-1-2-19)30-25(12-22)38-17-18-5-9-37-10-6-18)33-7-3-20-15-34(16-21(20)4-8-33)27(36)28-13-23-14-29-32-31-23/h11-12,14,18-21H,1-10,13,15-17H2,(H,28,36)(H,29,31,32). The molecule has 0 aromatic carbocycles. The van der Waals surface area contributed by atoms with Crippen molar-refractivity contribution in [1.82, 2.24) is 35.5 Å². The number of amides is 3. The molecule has 204 valence electrons. The molecule has 0 bridgehead atoms. The van der Waals surface area contributed by atoms with Crippen molar-refractivity contribution in [3.63, 3.8) is 0 Å². The van der Waals surface area contributed by atoms with Crippen LogP contribution in [0, 0.1) is 17.8 Å². The number of aromatic amines is 1. The zero-order valence-corrected chi connectivity index (χ0v) is 21.8. The maximum Gasteiger partial charge on any atom is 0.317 e. The Morgan fingerprint density at radius 3 is 2.47 bits per heavy atom. The fourth-order valence-electron chi connectivity index (χ4n) is 5.92. The Labute approximate surface area is 222 Å². The van der Waals surface area contributed by atoms with E-state index in [1.165, 1.54) is 0 Å². The molecule has 3 saturated heterocycles. The topological polar surface area (TPSA) is 126 Å². The molecule has 38 heavy (non-hydrogen) atoms. The molecule has 1 saturated carbocycles. The number of ether oxygens (including phenoxy) is 2. The third kappa shape index (κ3) is 5.92. The molecule has 0 radical (unpaired) electrons. The van der Waals surface area contributed by atoms with Crippen LogP contribution in [0.4, 0.5) is 4.79 Å². The van der Waals surface area contributed by atoms with Crippen molar-refractivity contribution in [3.8, 4) is 5.88 Å². The second-order valence-corrected chi connectivity index (χ2v) is 11.2. The molecule has 6 rings (SSSR count). The first-order valence-electron chi connectivity index (χ1n) is 14.0. The summed E-state index contributed by atoms with van der Waals surface area (Å²) < 4.78 is 11.6. The van der Waals surface area contributed by atoms with Gasteiger partial charge in [0.05, 0.1) is 19.3 Å². The minimum absolute atomic E-state index is 0.0624. The van der Waals surface area contributed by atoms with Crippen LogP contribution in [0.2, 0.25) is 0 Å². The van der Waals surface area contributed by atoms with E-state index >= 15 is 0 Å². The molecule has 2 unspecified atom stereocenters. The summed E-state index contributed by atoms with van der Waals surface area (Å²) >= 11 is 0. The molecule has 3 aliphatic heterocycles. The summed E-state index contributed by atoms with van der Waals surface area (Å²) in [4.78, 5) is 34.9. The summed E-state index contributed by atoms with van der Waals surface area (Å²) in [5.41, 5.74) is 2.38. The molecule has 11 heteroatoms. The van der Waals surface area contributed by atoms with E-state index in [9.17, 15) is 9.59 Å². The van der Waals surface area contributed by atoms with E-state index in [0.717, 1.165) is 70.5 Å². The molecule has 4 aliphatic rings. The van der Waals surface area contributed by atoms with Crippen molar-refractivity contribution in [2.75, 3.05) is 46.0 Å². The molecule has 2 aromatic heterocycles. The number of fused-ring (bicyclic) bond motifs is 1. The lowest BCUT2D eigenvalue weighted by molar-refractivity contribution is 0.0490. The number of nitrogens with zero attached hydrogens (tertiary/aromatic N) is 5. The van der Waals surface area contributed by atoms with Crippen LogP contribution in [-0.2, 0) is 11.3 Å². The molecule has 2 N–H and O–H groups in total. The zero-order chi connectivity index (χ0) is 25.9. The van der Waals surface area contributed by atoms with Gasteiger partial charge in [-0.1, -0.05) is 0 Å². The Hall–Kier alpha value is -3.21. The Morgan fingerprint density at radius 1 is 1.03 bits per heavy atom. The molecule has 11 nitrogen and oxygen atoms in total. The summed E-state index contributed by atoms with van der Waals surface area (Å²) in [6.45, 7) is 5.41. The normalized spacial score (nSPS) is 24.1. The predicted molar refractivity (Wildman–Crippen MR) is 138 cm³/mol.